The summed E-state index contributed by atoms with van der Waals surface area (Å²) in [7, 11) is 0. The molecule has 1 aliphatic rings. The van der Waals surface area contributed by atoms with Crippen LogP contribution < -0.4 is 5.32 Å². The predicted molar refractivity (Wildman–Crippen MR) is 56.1 cm³/mol. The van der Waals surface area contributed by atoms with Crippen LogP contribution in [0.2, 0.25) is 0 Å². The number of carbonyl (C=O) groups excluding carboxylic acids is 1. The van der Waals surface area contributed by atoms with Crippen molar-refractivity contribution in [2.24, 2.45) is 5.92 Å². The van der Waals surface area contributed by atoms with Crippen LogP contribution in [-0.2, 0) is 4.74 Å². The van der Waals surface area contributed by atoms with Gasteiger partial charge in [0, 0.05) is 0 Å². The molecule has 4 nitrogen and oxygen atoms in total. The van der Waals surface area contributed by atoms with Crippen molar-refractivity contribution >= 4 is 6.09 Å². The predicted octanol–water partition coefficient (Wildman–Crippen LogP) is 2.20. The zero-order valence-corrected chi connectivity index (χ0v) is 9.38. The largest absolute Gasteiger partial charge is 0.450 e. The Morgan fingerprint density at radius 2 is 2.20 bits per heavy atom. The minimum atomic E-state index is -0.696. The summed E-state index contributed by atoms with van der Waals surface area (Å²) < 4.78 is 4.80. The first-order chi connectivity index (χ1) is 7.12. The number of nitrogens with one attached hydrogen (secondary N) is 1. The van der Waals surface area contributed by atoms with Crippen molar-refractivity contribution in [2.75, 3.05) is 6.61 Å². The Morgan fingerprint density at radius 3 is 2.67 bits per heavy atom. The molecule has 0 bridgehead atoms. The first-order valence-corrected chi connectivity index (χ1v) is 5.48. The fourth-order valence-electron chi connectivity index (χ4n) is 1.88. The molecule has 0 radical (unpaired) electrons. The lowest BCUT2D eigenvalue weighted by atomic mass is 9.78. The van der Waals surface area contributed by atoms with Crippen LogP contribution in [0.3, 0.4) is 0 Å². The van der Waals surface area contributed by atoms with Crippen LogP contribution in [0.4, 0.5) is 4.79 Å². The van der Waals surface area contributed by atoms with E-state index in [0.29, 0.717) is 12.5 Å². The monoisotopic (exact) mass is 210 g/mol. The Hall–Kier alpha value is -1.24. The molecule has 4 heteroatoms. The smallest absolute Gasteiger partial charge is 0.408 e. The van der Waals surface area contributed by atoms with Gasteiger partial charge in [-0.2, -0.15) is 5.26 Å². The van der Waals surface area contributed by atoms with Crippen molar-refractivity contribution in [2.45, 2.75) is 45.1 Å². The molecule has 15 heavy (non-hydrogen) atoms. The highest BCUT2D eigenvalue weighted by Crippen LogP contribution is 2.31. The van der Waals surface area contributed by atoms with Crippen LogP contribution in [0, 0.1) is 17.2 Å². The molecule has 0 saturated heterocycles. The van der Waals surface area contributed by atoms with Crippen LogP contribution >= 0.6 is 0 Å². The van der Waals surface area contributed by atoms with E-state index in [1.54, 1.807) is 6.92 Å². The van der Waals surface area contributed by atoms with Crippen molar-refractivity contribution in [1.29, 1.82) is 5.26 Å². The molecule has 0 aromatic heterocycles. The summed E-state index contributed by atoms with van der Waals surface area (Å²) in [5, 5.41) is 11.8. The lowest BCUT2D eigenvalue weighted by molar-refractivity contribution is 0.134. The molecule has 0 spiro atoms. The molecular weight excluding hydrogens is 192 g/mol. The van der Waals surface area contributed by atoms with Crippen LogP contribution in [-0.4, -0.2) is 18.2 Å². The topological polar surface area (TPSA) is 62.1 Å². The second kappa shape index (κ2) is 5.01. The minimum Gasteiger partial charge on any atom is -0.450 e. The van der Waals surface area contributed by atoms with Crippen LogP contribution in [0.25, 0.3) is 0 Å². The number of amides is 1. The number of nitriles is 1. The number of ether oxygens (including phenoxy) is 1. The van der Waals surface area contributed by atoms with Crippen molar-refractivity contribution in [3.63, 3.8) is 0 Å². The summed E-state index contributed by atoms with van der Waals surface area (Å²) in [5.41, 5.74) is -0.696. The maximum atomic E-state index is 11.3. The first-order valence-electron chi connectivity index (χ1n) is 5.48. The molecule has 1 amide bonds. The summed E-state index contributed by atoms with van der Waals surface area (Å²) in [6.45, 7) is 4.26. The third-order valence-corrected chi connectivity index (χ3v) is 2.96. The summed E-state index contributed by atoms with van der Waals surface area (Å²) >= 11 is 0. The van der Waals surface area contributed by atoms with E-state index in [0.717, 1.165) is 25.7 Å². The fourth-order valence-corrected chi connectivity index (χ4v) is 1.88. The van der Waals surface area contributed by atoms with Crippen LogP contribution in [0.1, 0.15) is 39.5 Å². The van der Waals surface area contributed by atoms with Gasteiger partial charge >= 0.3 is 6.09 Å². The second-order valence-corrected chi connectivity index (χ2v) is 4.22. The second-order valence-electron chi connectivity index (χ2n) is 4.22. The Balaban J connectivity index is 2.55. The zero-order chi connectivity index (χ0) is 11.3. The SMILES string of the molecule is CCOC(=O)NC1(C#N)CCC(C)CC1. The summed E-state index contributed by atoms with van der Waals surface area (Å²) in [5.74, 6) is 0.649. The van der Waals surface area contributed by atoms with E-state index >= 15 is 0 Å². The maximum absolute atomic E-state index is 11.3. The Bertz CT molecular complexity index is 262. The maximum Gasteiger partial charge on any atom is 0.408 e. The molecule has 1 N–H and O–H groups in total. The van der Waals surface area contributed by atoms with E-state index in [1.807, 2.05) is 0 Å². The Morgan fingerprint density at radius 1 is 1.60 bits per heavy atom. The fraction of sp³-hybridized carbons (Fsp3) is 0.818. The van der Waals surface area contributed by atoms with Gasteiger partial charge in [0.1, 0.15) is 5.54 Å². The lowest BCUT2D eigenvalue weighted by Crippen LogP contribution is -2.49. The number of hydrogen-bond donors (Lipinski definition) is 1. The zero-order valence-electron chi connectivity index (χ0n) is 9.38. The molecular formula is C11H18N2O2. The highest BCUT2D eigenvalue weighted by Gasteiger charge is 2.36. The van der Waals surface area contributed by atoms with E-state index in [9.17, 15) is 4.79 Å². The summed E-state index contributed by atoms with van der Waals surface area (Å²) in [6, 6.07) is 2.22. The number of rotatable bonds is 2. The van der Waals surface area contributed by atoms with Gasteiger partial charge in [0.2, 0.25) is 0 Å². The average molecular weight is 210 g/mol. The Labute approximate surface area is 90.6 Å². The molecule has 0 atom stereocenters. The van der Waals surface area contributed by atoms with E-state index in [2.05, 4.69) is 18.3 Å². The third kappa shape index (κ3) is 3.12. The van der Waals surface area contributed by atoms with Gasteiger partial charge in [-0.3, -0.25) is 0 Å². The molecule has 1 aliphatic carbocycles. The molecule has 0 aromatic rings. The van der Waals surface area contributed by atoms with Gasteiger partial charge in [-0.15, -0.1) is 0 Å². The highest BCUT2D eigenvalue weighted by molar-refractivity contribution is 5.69. The number of hydrogen-bond acceptors (Lipinski definition) is 3. The van der Waals surface area contributed by atoms with Gasteiger partial charge in [0.15, 0.2) is 0 Å². The highest BCUT2D eigenvalue weighted by atomic mass is 16.5. The van der Waals surface area contributed by atoms with Gasteiger partial charge in [0.25, 0.3) is 0 Å². The molecule has 0 heterocycles. The summed E-state index contributed by atoms with van der Waals surface area (Å²) in [4.78, 5) is 11.3. The van der Waals surface area contributed by atoms with Gasteiger partial charge < -0.3 is 10.1 Å². The van der Waals surface area contributed by atoms with Crippen LogP contribution in [0.5, 0.6) is 0 Å². The van der Waals surface area contributed by atoms with Gasteiger partial charge in [-0.25, -0.2) is 4.79 Å². The minimum absolute atomic E-state index is 0.337. The number of alkyl carbamates (subject to hydrolysis) is 1. The normalized spacial score (nSPS) is 30.3. The van der Waals surface area contributed by atoms with Gasteiger partial charge in [-0.05, 0) is 38.5 Å². The molecule has 0 unspecified atom stereocenters. The first kappa shape index (κ1) is 11.8. The molecule has 1 fully saturated rings. The lowest BCUT2D eigenvalue weighted by Gasteiger charge is -2.33. The molecule has 0 aromatic carbocycles. The van der Waals surface area contributed by atoms with Crippen molar-refractivity contribution in [1.82, 2.24) is 5.32 Å². The molecule has 0 aliphatic heterocycles. The van der Waals surface area contributed by atoms with Crippen LogP contribution in [0.15, 0.2) is 0 Å². The molecule has 1 rings (SSSR count). The van der Waals surface area contributed by atoms with Gasteiger partial charge in [-0.1, -0.05) is 6.92 Å². The van der Waals surface area contributed by atoms with Crippen molar-refractivity contribution in [3.05, 3.63) is 0 Å². The number of nitrogens with zero attached hydrogens (tertiary/aromatic N) is 1. The Kier molecular flexibility index (Phi) is 3.96. The molecule has 1 saturated carbocycles. The summed E-state index contributed by atoms with van der Waals surface area (Å²) in [6.07, 6.45) is 2.95. The van der Waals surface area contributed by atoms with E-state index in [-0.39, 0.29) is 0 Å². The number of carbonyl (C=O) groups is 1. The molecule has 84 valence electrons. The third-order valence-electron chi connectivity index (χ3n) is 2.96. The van der Waals surface area contributed by atoms with E-state index in [4.69, 9.17) is 10.00 Å². The van der Waals surface area contributed by atoms with Crippen molar-refractivity contribution in [3.8, 4) is 6.07 Å². The van der Waals surface area contributed by atoms with Crippen molar-refractivity contribution < 1.29 is 9.53 Å². The van der Waals surface area contributed by atoms with E-state index < -0.39 is 11.6 Å². The van der Waals surface area contributed by atoms with Gasteiger partial charge in [0.05, 0.1) is 12.7 Å². The van der Waals surface area contributed by atoms with E-state index in [1.165, 1.54) is 0 Å². The average Bonchev–Trinajstić information content (AvgIpc) is 2.22. The quantitative estimate of drug-likeness (QED) is 0.760. The standard InChI is InChI=1S/C11H18N2O2/c1-3-15-10(14)13-11(8-12)6-4-9(2)5-7-11/h9H,3-7H2,1-2H3,(H,13,14).